The highest BCUT2D eigenvalue weighted by molar-refractivity contribution is 6.05. The van der Waals surface area contributed by atoms with E-state index in [0.717, 1.165) is 18.7 Å². The lowest BCUT2D eigenvalue weighted by Crippen LogP contribution is -2.23. The van der Waals surface area contributed by atoms with Crippen molar-refractivity contribution in [3.05, 3.63) is 66.7 Å². The quantitative estimate of drug-likeness (QED) is 0.820. The zero-order valence-corrected chi connectivity index (χ0v) is 13.9. The molecule has 0 aliphatic carbocycles. The van der Waals surface area contributed by atoms with E-state index in [4.69, 9.17) is 4.74 Å². The Balaban J connectivity index is 1.68. The molecule has 0 aromatic heterocycles. The number of ether oxygens (including phenoxy) is 1. The fraction of sp³-hybridized carbons (Fsp3) is 0.200. The average molecular weight is 336 g/mol. The molecule has 1 saturated heterocycles. The summed E-state index contributed by atoms with van der Waals surface area (Å²) >= 11 is 0. The summed E-state index contributed by atoms with van der Waals surface area (Å²) in [5.74, 6) is 0.602. The van der Waals surface area contributed by atoms with Crippen LogP contribution in [0.2, 0.25) is 0 Å². The number of nitrogens with one attached hydrogen (secondary N) is 1. The topological polar surface area (TPSA) is 58.6 Å². The first kappa shape index (κ1) is 16.8. The third-order valence-corrected chi connectivity index (χ3v) is 3.97. The van der Waals surface area contributed by atoms with E-state index in [1.807, 2.05) is 24.3 Å². The van der Waals surface area contributed by atoms with Gasteiger partial charge in [0.25, 0.3) is 5.91 Å². The number of hydrogen-bond donors (Lipinski definition) is 1. The van der Waals surface area contributed by atoms with E-state index in [-0.39, 0.29) is 11.8 Å². The highest BCUT2D eigenvalue weighted by Gasteiger charge is 2.21. The van der Waals surface area contributed by atoms with Crippen molar-refractivity contribution in [2.24, 2.45) is 0 Å². The van der Waals surface area contributed by atoms with Gasteiger partial charge < -0.3 is 15.0 Å². The zero-order chi connectivity index (χ0) is 17.6. The maximum atomic E-state index is 12.4. The van der Waals surface area contributed by atoms with Crippen LogP contribution in [0.1, 0.15) is 23.2 Å². The molecule has 5 heteroatoms. The molecule has 1 N–H and O–H groups in total. The molecule has 1 aliphatic rings. The molecular formula is C20H20N2O3. The van der Waals surface area contributed by atoms with Gasteiger partial charge in [-0.2, -0.15) is 0 Å². The normalized spacial score (nSPS) is 13.6. The summed E-state index contributed by atoms with van der Waals surface area (Å²) in [5.41, 5.74) is 2.01. The summed E-state index contributed by atoms with van der Waals surface area (Å²) in [5, 5.41) is 2.87. The van der Waals surface area contributed by atoms with Crippen LogP contribution in [-0.2, 0) is 4.79 Å². The molecular weight excluding hydrogens is 316 g/mol. The minimum Gasteiger partial charge on any atom is -0.490 e. The van der Waals surface area contributed by atoms with Gasteiger partial charge in [-0.05, 0) is 48.9 Å². The Labute approximate surface area is 146 Å². The van der Waals surface area contributed by atoms with E-state index in [9.17, 15) is 9.59 Å². The number of anilines is 2. The second-order valence-electron chi connectivity index (χ2n) is 5.78. The number of carbonyl (C=O) groups excluding carboxylic acids is 2. The van der Waals surface area contributed by atoms with Gasteiger partial charge in [-0.15, -0.1) is 0 Å². The molecule has 25 heavy (non-hydrogen) atoms. The van der Waals surface area contributed by atoms with Crippen LogP contribution in [0.15, 0.2) is 61.2 Å². The molecule has 5 nitrogen and oxygen atoms in total. The molecule has 0 unspecified atom stereocenters. The lowest BCUT2D eigenvalue weighted by molar-refractivity contribution is -0.117. The molecule has 0 radical (unpaired) electrons. The maximum absolute atomic E-state index is 12.4. The van der Waals surface area contributed by atoms with Crippen LogP contribution >= 0.6 is 0 Å². The van der Waals surface area contributed by atoms with E-state index in [2.05, 4.69) is 11.9 Å². The van der Waals surface area contributed by atoms with Gasteiger partial charge in [-0.25, -0.2) is 0 Å². The zero-order valence-electron chi connectivity index (χ0n) is 13.9. The summed E-state index contributed by atoms with van der Waals surface area (Å²) in [6, 6.07) is 14.3. The van der Waals surface area contributed by atoms with Gasteiger partial charge in [0.1, 0.15) is 12.4 Å². The molecule has 0 spiro atoms. The van der Waals surface area contributed by atoms with Crippen molar-refractivity contribution in [2.45, 2.75) is 12.8 Å². The summed E-state index contributed by atoms with van der Waals surface area (Å²) in [6.07, 6.45) is 3.12. The lowest BCUT2D eigenvalue weighted by Gasteiger charge is -2.16. The molecule has 0 saturated carbocycles. The Bertz CT molecular complexity index is 784. The Kier molecular flexibility index (Phi) is 5.14. The highest BCUT2D eigenvalue weighted by atomic mass is 16.5. The van der Waals surface area contributed by atoms with Crippen molar-refractivity contribution in [1.29, 1.82) is 0 Å². The molecule has 0 atom stereocenters. The van der Waals surface area contributed by atoms with E-state index in [1.54, 1.807) is 35.2 Å². The second-order valence-corrected chi connectivity index (χ2v) is 5.78. The van der Waals surface area contributed by atoms with Crippen LogP contribution in [0.25, 0.3) is 0 Å². The fourth-order valence-electron chi connectivity index (χ4n) is 2.73. The van der Waals surface area contributed by atoms with Gasteiger partial charge in [0.15, 0.2) is 0 Å². The molecule has 1 aliphatic heterocycles. The minimum absolute atomic E-state index is 0.124. The SMILES string of the molecule is C=CCOc1ccc(C(=O)Nc2cccc(N3CCCC3=O)c2)cc1. The first-order chi connectivity index (χ1) is 12.2. The smallest absolute Gasteiger partial charge is 0.255 e. The standard InChI is InChI=1S/C20H20N2O3/c1-2-13-25-18-10-8-15(9-11-18)20(24)21-16-5-3-6-17(14-16)22-12-4-7-19(22)23/h2-3,5-6,8-11,14H,1,4,7,12-13H2,(H,21,24). The van der Waals surface area contributed by atoms with Crippen LogP contribution in [0.3, 0.4) is 0 Å². The fourth-order valence-corrected chi connectivity index (χ4v) is 2.73. The molecule has 0 bridgehead atoms. The van der Waals surface area contributed by atoms with Gasteiger partial charge in [0, 0.05) is 29.9 Å². The molecule has 1 heterocycles. The number of rotatable bonds is 6. The Morgan fingerprint density at radius 1 is 1.24 bits per heavy atom. The third-order valence-electron chi connectivity index (χ3n) is 3.97. The van der Waals surface area contributed by atoms with Crippen molar-refractivity contribution in [3.8, 4) is 5.75 Å². The molecule has 2 amide bonds. The minimum atomic E-state index is -0.208. The summed E-state index contributed by atoms with van der Waals surface area (Å²) in [4.78, 5) is 26.0. The van der Waals surface area contributed by atoms with Crippen molar-refractivity contribution in [2.75, 3.05) is 23.4 Å². The lowest BCUT2D eigenvalue weighted by atomic mass is 10.2. The van der Waals surface area contributed by atoms with Gasteiger partial charge >= 0.3 is 0 Å². The second kappa shape index (κ2) is 7.66. The van der Waals surface area contributed by atoms with Crippen LogP contribution in [-0.4, -0.2) is 25.0 Å². The largest absolute Gasteiger partial charge is 0.490 e. The number of benzene rings is 2. The first-order valence-corrected chi connectivity index (χ1v) is 8.23. The monoisotopic (exact) mass is 336 g/mol. The Hall–Kier alpha value is -3.08. The van der Waals surface area contributed by atoms with Gasteiger partial charge in [-0.3, -0.25) is 9.59 Å². The molecule has 3 rings (SSSR count). The summed E-state index contributed by atoms with van der Waals surface area (Å²) in [6.45, 7) is 4.74. The summed E-state index contributed by atoms with van der Waals surface area (Å²) in [7, 11) is 0. The van der Waals surface area contributed by atoms with Crippen LogP contribution in [0, 0.1) is 0 Å². The predicted octanol–water partition coefficient (Wildman–Crippen LogP) is 3.63. The molecule has 1 fully saturated rings. The third kappa shape index (κ3) is 4.07. The summed E-state index contributed by atoms with van der Waals surface area (Å²) < 4.78 is 5.40. The van der Waals surface area contributed by atoms with Crippen molar-refractivity contribution >= 4 is 23.2 Å². The van der Waals surface area contributed by atoms with Crippen LogP contribution in [0.4, 0.5) is 11.4 Å². The van der Waals surface area contributed by atoms with Gasteiger partial charge in [0.2, 0.25) is 5.91 Å². The van der Waals surface area contributed by atoms with Crippen molar-refractivity contribution < 1.29 is 14.3 Å². The number of amides is 2. The van der Waals surface area contributed by atoms with Gasteiger partial charge in [0.05, 0.1) is 0 Å². The van der Waals surface area contributed by atoms with E-state index >= 15 is 0 Å². The maximum Gasteiger partial charge on any atom is 0.255 e. The number of carbonyl (C=O) groups is 2. The first-order valence-electron chi connectivity index (χ1n) is 8.23. The van der Waals surface area contributed by atoms with Crippen molar-refractivity contribution in [3.63, 3.8) is 0 Å². The van der Waals surface area contributed by atoms with Crippen LogP contribution in [0.5, 0.6) is 5.75 Å². The molecule has 2 aromatic rings. The highest BCUT2D eigenvalue weighted by Crippen LogP contribution is 2.24. The van der Waals surface area contributed by atoms with Crippen LogP contribution < -0.4 is 15.0 Å². The Morgan fingerprint density at radius 3 is 2.72 bits per heavy atom. The molecule has 128 valence electrons. The number of hydrogen-bond acceptors (Lipinski definition) is 3. The van der Waals surface area contributed by atoms with Gasteiger partial charge in [-0.1, -0.05) is 18.7 Å². The number of nitrogens with zero attached hydrogens (tertiary/aromatic N) is 1. The molecule has 2 aromatic carbocycles. The average Bonchev–Trinajstić information content (AvgIpc) is 3.06. The van der Waals surface area contributed by atoms with E-state index in [1.165, 1.54) is 0 Å². The Morgan fingerprint density at radius 2 is 2.04 bits per heavy atom. The van der Waals surface area contributed by atoms with E-state index in [0.29, 0.717) is 30.0 Å². The van der Waals surface area contributed by atoms with Crippen molar-refractivity contribution in [1.82, 2.24) is 0 Å². The predicted molar refractivity (Wildman–Crippen MR) is 98.1 cm³/mol. The van der Waals surface area contributed by atoms with E-state index < -0.39 is 0 Å².